The van der Waals surface area contributed by atoms with Gasteiger partial charge in [0.2, 0.25) is 5.91 Å². The number of likely N-dealkylation sites (tertiary alicyclic amines) is 1. The maximum Gasteiger partial charge on any atom is 0.323 e. The molecule has 3 rings (SSSR count). The van der Waals surface area contributed by atoms with Crippen molar-refractivity contribution >= 4 is 23.6 Å². The Labute approximate surface area is 174 Å². The van der Waals surface area contributed by atoms with Crippen molar-refractivity contribution in [2.45, 2.75) is 32.4 Å². The van der Waals surface area contributed by atoms with Gasteiger partial charge >= 0.3 is 12.0 Å². The van der Waals surface area contributed by atoms with E-state index >= 15 is 0 Å². The van der Waals surface area contributed by atoms with E-state index in [1.54, 1.807) is 6.92 Å². The van der Waals surface area contributed by atoms with Gasteiger partial charge in [0.05, 0.1) is 18.6 Å². The van der Waals surface area contributed by atoms with Crippen molar-refractivity contribution in [1.82, 2.24) is 4.90 Å². The van der Waals surface area contributed by atoms with Crippen molar-refractivity contribution in [3.63, 3.8) is 0 Å². The first-order valence-corrected chi connectivity index (χ1v) is 9.69. The summed E-state index contributed by atoms with van der Waals surface area (Å²) in [5, 5.41) is 2.66. The standard InChI is InChI=1S/C22H24FN3O4/c1-3-30-21(28)17-12-18(20(24)27)26(19(17)14-6-4-13(2)5-7-14)22(29)25-16-10-8-15(23)9-11-16/h4-11,17-19H,3,12H2,1-2H3,(H2,24,27)(H,25,29). The van der Waals surface area contributed by atoms with Crippen LogP contribution in [0, 0.1) is 18.7 Å². The molecule has 0 radical (unpaired) electrons. The van der Waals surface area contributed by atoms with E-state index in [1.807, 2.05) is 31.2 Å². The number of amides is 3. The number of nitrogens with two attached hydrogens (primary N) is 1. The highest BCUT2D eigenvalue weighted by Gasteiger charge is 2.50. The fourth-order valence-electron chi connectivity index (χ4n) is 3.74. The van der Waals surface area contributed by atoms with Crippen molar-refractivity contribution in [2.24, 2.45) is 11.7 Å². The van der Waals surface area contributed by atoms with Gasteiger partial charge in [-0.2, -0.15) is 0 Å². The minimum Gasteiger partial charge on any atom is -0.466 e. The molecule has 158 valence electrons. The predicted octanol–water partition coefficient (Wildman–Crippen LogP) is 3.15. The number of nitrogens with one attached hydrogen (secondary N) is 1. The summed E-state index contributed by atoms with van der Waals surface area (Å²) < 4.78 is 18.4. The van der Waals surface area contributed by atoms with E-state index in [4.69, 9.17) is 10.5 Å². The van der Waals surface area contributed by atoms with Gasteiger partial charge in [-0.1, -0.05) is 29.8 Å². The fourth-order valence-corrected chi connectivity index (χ4v) is 3.74. The van der Waals surface area contributed by atoms with Gasteiger partial charge in [-0.05, 0) is 50.1 Å². The third-order valence-electron chi connectivity index (χ3n) is 5.16. The zero-order valence-electron chi connectivity index (χ0n) is 16.8. The van der Waals surface area contributed by atoms with E-state index in [1.165, 1.54) is 29.2 Å². The number of carbonyl (C=O) groups excluding carboxylic acids is 3. The summed E-state index contributed by atoms with van der Waals surface area (Å²) >= 11 is 0. The number of esters is 1. The van der Waals surface area contributed by atoms with Crippen LogP contribution in [0.15, 0.2) is 48.5 Å². The molecule has 1 heterocycles. The van der Waals surface area contributed by atoms with Crippen molar-refractivity contribution in [3.05, 3.63) is 65.5 Å². The summed E-state index contributed by atoms with van der Waals surface area (Å²) in [7, 11) is 0. The molecule has 1 aliphatic heterocycles. The Kier molecular flexibility index (Phi) is 6.34. The Hall–Kier alpha value is -3.42. The van der Waals surface area contributed by atoms with E-state index in [-0.39, 0.29) is 13.0 Å². The number of urea groups is 1. The third-order valence-corrected chi connectivity index (χ3v) is 5.16. The largest absolute Gasteiger partial charge is 0.466 e. The Morgan fingerprint density at radius 3 is 2.33 bits per heavy atom. The molecule has 2 aromatic rings. The molecule has 2 aromatic carbocycles. The topological polar surface area (TPSA) is 102 Å². The molecule has 1 fully saturated rings. The summed E-state index contributed by atoms with van der Waals surface area (Å²) in [6, 6.07) is 10.3. The zero-order chi connectivity index (χ0) is 21.8. The molecule has 3 unspecified atom stereocenters. The first kappa shape index (κ1) is 21.3. The van der Waals surface area contributed by atoms with Crippen molar-refractivity contribution in [3.8, 4) is 0 Å². The second-order valence-electron chi connectivity index (χ2n) is 7.21. The van der Waals surface area contributed by atoms with E-state index in [0.717, 1.165) is 5.56 Å². The van der Waals surface area contributed by atoms with Gasteiger partial charge in [0.15, 0.2) is 0 Å². The summed E-state index contributed by atoms with van der Waals surface area (Å²) in [6.07, 6.45) is 0.0591. The smallest absolute Gasteiger partial charge is 0.323 e. The van der Waals surface area contributed by atoms with Crippen LogP contribution < -0.4 is 11.1 Å². The molecule has 0 aliphatic carbocycles. The Balaban J connectivity index is 2.00. The zero-order valence-corrected chi connectivity index (χ0v) is 16.8. The molecule has 1 aliphatic rings. The third kappa shape index (κ3) is 4.42. The fraction of sp³-hybridized carbons (Fsp3) is 0.318. The Morgan fingerprint density at radius 1 is 1.13 bits per heavy atom. The highest BCUT2D eigenvalue weighted by atomic mass is 19.1. The molecule has 8 heteroatoms. The number of hydrogen-bond acceptors (Lipinski definition) is 4. The molecule has 3 N–H and O–H groups in total. The van der Waals surface area contributed by atoms with Crippen LogP contribution in [0.3, 0.4) is 0 Å². The molecule has 0 spiro atoms. The minimum atomic E-state index is -0.994. The van der Waals surface area contributed by atoms with Crippen LogP contribution in [0.2, 0.25) is 0 Å². The molecule has 3 atom stereocenters. The molecule has 0 bridgehead atoms. The SMILES string of the molecule is CCOC(=O)C1CC(C(N)=O)N(C(=O)Nc2ccc(F)cc2)C1c1ccc(C)cc1. The molecule has 0 saturated carbocycles. The van der Waals surface area contributed by atoms with Crippen molar-refractivity contribution in [2.75, 3.05) is 11.9 Å². The molecular weight excluding hydrogens is 389 g/mol. The second kappa shape index (κ2) is 8.94. The van der Waals surface area contributed by atoms with Crippen molar-refractivity contribution in [1.29, 1.82) is 0 Å². The number of rotatable bonds is 5. The number of carbonyl (C=O) groups is 3. The number of benzene rings is 2. The normalized spacial score (nSPS) is 20.6. The van der Waals surface area contributed by atoms with Crippen LogP contribution in [0.25, 0.3) is 0 Å². The maximum absolute atomic E-state index is 13.2. The maximum atomic E-state index is 13.2. The summed E-state index contributed by atoms with van der Waals surface area (Å²) in [5.74, 6) is -2.40. The molecule has 7 nitrogen and oxygen atoms in total. The summed E-state index contributed by atoms with van der Waals surface area (Å²) in [6.45, 7) is 3.80. The number of nitrogens with zero attached hydrogens (tertiary/aromatic N) is 1. The monoisotopic (exact) mass is 413 g/mol. The van der Waals surface area contributed by atoms with Crippen LogP contribution in [0.5, 0.6) is 0 Å². The average Bonchev–Trinajstić information content (AvgIpc) is 3.12. The lowest BCUT2D eigenvalue weighted by Gasteiger charge is -2.30. The van der Waals surface area contributed by atoms with Crippen molar-refractivity contribution < 1.29 is 23.5 Å². The van der Waals surface area contributed by atoms with Gasteiger partial charge in [-0.3, -0.25) is 9.59 Å². The molecular formula is C22H24FN3O4. The van der Waals surface area contributed by atoms with Gasteiger partial charge < -0.3 is 20.7 Å². The van der Waals surface area contributed by atoms with E-state index in [2.05, 4.69) is 5.32 Å². The lowest BCUT2D eigenvalue weighted by Crippen LogP contribution is -2.46. The van der Waals surface area contributed by atoms with Gasteiger partial charge in [-0.25, -0.2) is 9.18 Å². The molecule has 0 aromatic heterocycles. The minimum absolute atomic E-state index is 0.0591. The van der Waals surface area contributed by atoms with Gasteiger partial charge in [0.1, 0.15) is 11.9 Å². The van der Waals surface area contributed by atoms with Crippen LogP contribution in [0.4, 0.5) is 14.9 Å². The summed E-state index contributed by atoms with van der Waals surface area (Å²) in [4.78, 5) is 39.3. The Morgan fingerprint density at radius 2 is 1.77 bits per heavy atom. The number of hydrogen-bond donors (Lipinski definition) is 2. The second-order valence-corrected chi connectivity index (χ2v) is 7.21. The molecule has 3 amide bonds. The van der Waals surface area contributed by atoms with Gasteiger partial charge in [0.25, 0.3) is 0 Å². The summed E-state index contributed by atoms with van der Waals surface area (Å²) in [5.41, 5.74) is 7.63. The van der Waals surface area contributed by atoms with Crippen LogP contribution in [-0.4, -0.2) is 35.5 Å². The first-order chi connectivity index (χ1) is 14.3. The first-order valence-electron chi connectivity index (χ1n) is 9.69. The lowest BCUT2D eigenvalue weighted by atomic mass is 9.92. The molecule has 1 saturated heterocycles. The predicted molar refractivity (Wildman–Crippen MR) is 109 cm³/mol. The van der Waals surface area contributed by atoms with E-state index in [0.29, 0.717) is 11.3 Å². The number of primary amides is 1. The molecule has 30 heavy (non-hydrogen) atoms. The van der Waals surface area contributed by atoms with E-state index < -0.39 is 41.7 Å². The lowest BCUT2D eigenvalue weighted by molar-refractivity contribution is -0.148. The average molecular weight is 413 g/mol. The number of aryl methyl sites for hydroxylation is 1. The number of ether oxygens (including phenoxy) is 1. The van der Waals surface area contributed by atoms with Crippen LogP contribution in [0.1, 0.15) is 30.5 Å². The Bertz CT molecular complexity index is 930. The van der Waals surface area contributed by atoms with Crippen LogP contribution >= 0.6 is 0 Å². The van der Waals surface area contributed by atoms with Gasteiger partial charge in [0, 0.05) is 5.69 Å². The van der Waals surface area contributed by atoms with Gasteiger partial charge in [-0.15, -0.1) is 0 Å². The highest BCUT2D eigenvalue weighted by molar-refractivity contribution is 5.95. The van der Waals surface area contributed by atoms with Crippen LogP contribution in [-0.2, 0) is 14.3 Å². The number of anilines is 1. The van der Waals surface area contributed by atoms with E-state index in [9.17, 15) is 18.8 Å². The highest BCUT2D eigenvalue weighted by Crippen LogP contribution is 2.42. The quantitative estimate of drug-likeness (QED) is 0.735. The number of halogens is 1.